The van der Waals surface area contributed by atoms with Crippen LogP contribution in [0.3, 0.4) is 0 Å². The zero-order chi connectivity index (χ0) is 17.5. The van der Waals surface area contributed by atoms with E-state index in [1.165, 1.54) is 0 Å². The Morgan fingerprint density at radius 3 is 2.31 bits per heavy atom. The molecular weight excluding hydrogens is 318 g/mol. The van der Waals surface area contributed by atoms with Gasteiger partial charge in [-0.2, -0.15) is 0 Å². The second-order valence-corrected chi connectivity index (χ2v) is 6.34. The Balaban J connectivity index is 1.87. The number of fused-ring (bicyclic) bond motifs is 2. The van der Waals surface area contributed by atoms with Crippen molar-refractivity contribution in [1.29, 1.82) is 0 Å². The molecule has 0 fully saturated rings. The molecule has 0 amide bonds. The molecule has 1 aromatic heterocycles. The minimum Gasteiger partial charge on any atom is -0.398 e. The van der Waals surface area contributed by atoms with Crippen LogP contribution in [0.2, 0.25) is 0 Å². The third kappa shape index (κ3) is 2.18. The minimum atomic E-state index is 0.760. The Morgan fingerprint density at radius 2 is 1.42 bits per heavy atom. The van der Waals surface area contributed by atoms with Crippen LogP contribution in [0, 0.1) is 0 Å². The zero-order valence-corrected chi connectivity index (χ0v) is 14.1. The summed E-state index contributed by atoms with van der Waals surface area (Å²) < 4.78 is 2.18. The number of nitrogens with zero attached hydrogens (tertiary/aromatic N) is 2. The van der Waals surface area contributed by atoms with E-state index >= 15 is 0 Å². The Morgan fingerprint density at radius 1 is 0.692 bits per heavy atom. The first-order valence-electron chi connectivity index (χ1n) is 8.63. The van der Waals surface area contributed by atoms with Crippen molar-refractivity contribution in [3.63, 3.8) is 0 Å². The first-order chi connectivity index (χ1) is 12.8. The van der Waals surface area contributed by atoms with Crippen LogP contribution in [-0.4, -0.2) is 9.55 Å². The molecule has 0 aliphatic heterocycles. The van der Waals surface area contributed by atoms with Crippen molar-refractivity contribution < 1.29 is 0 Å². The fourth-order valence-corrected chi connectivity index (χ4v) is 3.54. The predicted molar refractivity (Wildman–Crippen MR) is 108 cm³/mol. The Hall–Kier alpha value is -3.59. The third-order valence-corrected chi connectivity index (χ3v) is 4.79. The van der Waals surface area contributed by atoms with Gasteiger partial charge in [0.25, 0.3) is 0 Å². The highest BCUT2D eigenvalue weighted by molar-refractivity contribution is 6.00. The average molecular weight is 335 g/mol. The van der Waals surface area contributed by atoms with Gasteiger partial charge in [-0.05, 0) is 35.7 Å². The first-order valence-corrected chi connectivity index (χ1v) is 8.63. The van der Waals surface area contributed by atoms with Crippen molar-refractivity contribution in [1.82, 2.24) is 9.55 Å². The van der Waals surface area contributed by atoms with Gasteiger partial charge >= 0.3 is 0 Å². The second kappa shape index (κ2) is 5.74. The van der Waals surface area contributed by atoms with Gasteiger partial charge in [0.1, 0.15) is 5.82 Å². The van der Waals surface area contributed by atoms with Crippen LogP contribution in [0.15, 0.2) is 91.0 Å². The summed E-state index contributed by atoms with van der Waals surface area (Å²) in [4.78, 5) is 4.91. The summed E-state index contributed by atoms with van der Waals surface area (Å²) in [5, 5.41) is 2.19. The largest absolute Gasteiger partial charge is 0.398 e. The van der Waals surface area contributed by atoms with E-state index in [9.17, 15) is 0 Å². The number of nitrogen functional groups attached to an aromatic ring is 1. The molecule has 2 N–H and O–H groups in total. The summed E-state index contributed by atoms with van der Waals surface area (Å²) in [5.74, 6) is 0.862. The van der Waals surface area contributed by atoms with E-state index in [0.717, 1.165) is 44.6 Å². The molecule has 0 unspecified atom stereocenters. The third-order valence-electron chi connectivity index (χ3n) is 4.79. The maximum absolute atomic E-state index is 6.57. The van der Waals surface area contributed by atoms with E-state index in [1.54, 1.807) is 0 Å². The number of para-hydroxylation sites is 3. The molecule has 0 atom stereocenters. The van der Waals surface area contributed by atoms with Gasteiger partial charge in [-0.1, -0.05) is 60.7 Å². The molecule has 1 heterocycles. The molecule has 3 nitrogen and oxygen atoms in total. The normalized spacial score (nSPS) is 11.2. The van der Waals surface area contributed by atoms with Crippen LogP contribution in [0.1, 0.15) is 0 Å². The summed E-state index contributed by atoms with van der Waals surface area (Å²) in [6.45, 7) is 0. The fourth-order valence-electron chi connectivity index (χ4n) is 3.54. The Kier molecular flexibility index (Phi) is 3.25. The van der Waals surface area contributed by atoms with Crippen LogP contribution < -0.4 is 5.73 Å². The van der Waals surface area contributed by atoms with Crippen molar-refractivity contribution in [2.24, 2.45) is 0 Å². The predicted octanol–water partition coefficient (Wildman–Crippen LogP) is 5.43. The molecular formula is C23H17N3. The summed E-state index contributed by atoms with van der Waals surface area (Å²) in [5.41, 5.74) is 11.4. The molecule has 5 aromatic rings. The van der Waals surface area contributed by atoms with Gasteiger partial charge in [0.05, 0.1) is 16.7 Å². The van der Waals surface area contributed by atoms with Gasteiger partial charge < -0.3 is 5.73 Å². The van der Waals surface area contributed by atoms with E-state index in [4.69, 9.17) is 10.7 Å². The van der Waals surface area contributed by atoms with Crippen molar-refractivity contribution >= 4 is 27.5 Å². The lowest BCUT2D eigenvalue weighted by atomic mass is 10.0. The molecule has 124 valence electrons. The number of imidazole rings is 1. The van der Waals surface area contributed by atoms with Gasteiger partial charge in [-0.25, -0.2) is 4.98 Å². The molecule has 26 heavy (non-hydrogen) atoms. The Labute approximate surface area is 151 Å². The molecule has 5 rings (SSSR count). The topological polar surface area (TPSA) is 43.8 Å². The monoisotopic (exact) mass is 335 g/mol. The summed E-state index contributed by atoms with van der Waals surface area (Å²) >= 11 is 0. The van der Waals surface area contributed by atoms with Crippen LogP contribution in [-0.2, 0) is 0 Å². The SMILES string of the molecule is Nc1c(-c2nc3ccccc3n2-c2ccccc2)ccc2ccccc12. The molecule has 0 spiro atoms. The van der Waals surface area contributed by atoms with Crippen LogP contribution in [0.5, 0.6) is 0 Å². The summed E-state index contributed by atoms with van der Waals surface area (Å²) in [6, 6.07) is 30.8. The summed E-state index contributed by atoms with van der Waals surface area (Å²) in [6.07, 6.45) is 0. The number of rotatable bonds is 2. The number of nitrogens with two attached hydrogens (primary N) is 1. The highest BCUT2D eigenvalue weighted by atomic mass is 15.1. The number of hydrogen-bond donors (Lipinski definition) is 1. The quantitative estimate of drug-likeness (QED) is 0.437. The molecule has 0 bridgehead atoms. The first kappa shape index (κ1) is 14.7. The molecule has 4 aromatic carbocycles. The zero-order valence-electron chi connectivity index (χ0n) is 14.1. The van der Waals surface area contributed by atoms with Gasteiger partial charge in [-0.15, -0.1) is 0 Å². The van der Waals surface area contributed by atoms with E-state index in [-0.39, 0.29) is 0 Å². The van der Waals surface area contributed by atoms with Gasteiger partial charge in [0, 0.05) is 16.6 Å². The van der Waals surface area contributed by atoms with Crippen LogP contribution >= 0.6 is 0 Å². The van der Waals surface area contributed by atoms with Gasteiger partial charge in [0.15, 0.2) is 0 Å². The molecule has 0 radical (unpaired) electrons. The molecule has 3 heteroatoms. The smallest absolute Gasteiger partial charge is 0.147 e. The number of aromatic nitrogens is 2. The van der Waals surface area contributed by atoms with Crippen molar-refractivity contribution in [2.75, 3.05) is 5.73 Å². The standard InChI is InChI=1S/C23H17N3/c24-22-18-11-5-4-8-16(18)14-15-19(22)23-25-20-12-6-7-13-21(20)26(23)17-9-2-1-3-10-17/h1-15H,24H2. The number of anilines is 1. The molecule has 0 aliphatic rings. The van der Waals surface area contributed by atoms with Crippen LogP contribution in [0.4, 0.5) is 5.69 Å². The van der Waals surface area contributed by atoms with Crippen molar-refractivity contribution in [3.05, 3.63) is 91.0 Å². The maximum Gasteiger partial charge on any atom is 0.147 e. The lowest BCUT2D eigenvalue weighted by Crippen LogP contribution is -2.00. The van der Waals surface area contributed by atoms with E-state index in [1.807, 2.05) is 48.5 Å². The van der Waals surface area contributed by atoms with E-state index in [2.05, 4.69) is 47.0 Å². The molecule has 0 saturated heterocycles. The highest BCUT2D eigenvalue weighted by Crippen LogP contribution is 2.35. The average Bonchev–Trinajstić information content (AvgIpc) is 3.08. The molecule has 0 saturated carbocycles. The second-order valence-electron chi connectivity index (χ2n) is 6.34. The summed E-state index contributed by atoms with van der Waals surface area (Å²) in [7, 11) is 0. The van der Waals surface area contributed by atoms with Gasteiger partial charge in [0.2, 0.25) is 0 Å². The maximum atomic E-state index is 6.57. The lowest BCUT2D eigenvalue weighted by Gasteiger charge is -2.12. The molecule has 0 aliphatic carbocycles. The highest BCUT2D eigenvalue weighted by Gasteiger charge is 2.17. The van der Waals surface area contributed by atoms with Gasteiger partial charge in [-0.3, -0.25) is 4.57 Å². The van der Waals surface area contributed by atoms with E-state index < -0.39 is 0 Å². The fraction of sp³-hybridized carbons (Fsp3) is 0. The Bertz CT molecular complexity index is 1240. The van der Waals surface area contributed by atoms with Crippen LogP contribution in [0.25, 0.3) is 38.9 Å². The van der Waals surface area contributed by atoms with Crippen molar-refractivity contribution in [2.45, 2.75) is 0 Å². The lowest BCUT2D eigenvalue weighted by molar-refractivity contribution is 1.10. The number of hydrogen-bond acceptors (Lipinski definition) is 2. The minimum absolute atomic E-state index is 0.760. The number of benzene rings is 4. The van der Waals surface area contributed by atoms with Crippen molar-refractivity contribution in [3.8, 4) is 17.1 Å². The van der Waals surface area contributed by atoms with E-state index in [0.29, 0.717) is 0 Å².